The molecule has 0 bridgehead atoms. The molecule has 0 aromatic heterocycles. The van der Waals surface area contributed by atoms with Crippen molar-refractivity contribution < 1.29 is 22.7 Å². The molecule has 3 N–H and O–H groups in total. The van der Waals surface area contributed by atoms with Crippen LogP contribution < -0.4 is 10.0 Å². The minimum Gasteiger partial charge on any atom is -0.392 e. The monoisotopic (exact) mass is 386 g/mol. The highest BCUT2D eigenvalue weighted by molar-refractivity contribution is 7.92. The van der Waals surface area contributed by atoms with Gasteiger partial charge in [-0.2, -0.15) is 0 Å². The average Bonchev–Trinajstić information content (AvgIpc) is 2.54. The van der Waals surface area contributed by atoms with Crippen LogP contribution in [0.2, 0.25) is 5.02 Å². The molecule has 0 spiro atoms. The zero-order valence-corrected chi connectivity index (χ0v) is 14.7. The number of hydrogen-bond acceptors (Lipinski definition) is 4. The van der Waals surface area contributed by atoms with Crippen molar-refractivity contribution in [3.8, 4) is 0 Å². The Labute approximate surface area is 149 Å². The van der Waals surface area contributed by atoms with E-state index in [-0.39, 0.29) is 27.7 Å². The Kier molecular flexibility index (Phi) is 5.99. The number of anilines is 1. The van der Waals surface area contributed by atoms with Gasteiger partial charge in [0.05, 0.1) is 21.7 Å². The number of aliphatic hydroxyl groups is 1. The van der Waals surface area contributed by atoms with E-state index in [0.29, 0.717) is 0 Å². The zero-order chi connectivity index (χ0) is 18.6. The summed E-state index contributed by atoms with van der Waals surface area (Å²) in [7, 11) is -3.99. The Morgan fingerprint density at radius 2 is 1.88 bits per heavy atom. The van der Waals surface area contributed by atoms with E-state index in [1.54, 1.807) is 0 Å². The highest BCUT2D eigenvalue weighted by atomic mass is 35.5. The SMILES string of the molecule is CC(O)CNC(=O)c1ccc(Cl)c(NS(=O)(=O)c2ccc(F)cc2)c1. The van der Waals surface area contributed by atoms with E-state index in [2.05, 4.69) is 10.0 Å². The van der Waals surface area contributed by atoms with Gasteiger partial charge in [0.1, 0.15) is 5.82 Å². The Hall–Kier alpha value is -2.16. The summed E-state index contributed by atoms with van der Waals surface area (Å²) in [6.07, 6.45) is -0.715. The molecule has 0 saturated heterocycles. The second-order valence-electron chi connectivity index (χ2n) is 5.31. The fourth-order valence-corrected chi connectivity index (χ4v) is 3.20. The predicted octanol–water partition coefficient (Wildman–Crippen LogP) is 2.39. The molecule has 25 heavy (non-hydrogen) atoms. The Morgan fingerprint density at radius 3 is 2.48 bits per heavy atom. The molecular weight excluding hydrogens is 371 g/mol. The van der Waals surface area contributed by atoms with Crippen molar-refractivity contribution in [1.29, 1.82) is 0 Å². The van der Waals surface area contributed by atoms with Crippen LogP contribution in [-0.2, 0) is 10.0 Å². The highest BCUT2D eigenvalue weighted by Crippen LogP contribution is 2.26. The van der Waals surface area contributed by atoms with E-state index in [9.17, 15) is 22.7 Å². The summed E-state index contributed by atoms with van der Waals surface area (Å²) in [5.41, 5.74) is 0.178. The Bertz CT molecular complexity index is 870. The van der Waals surface area contributed by atoms with Crippen LogP contribution in [0.4, 0.5) is 10.1 Å². The first-order valence-corrected chi connectivity index (χ1v) is 9.09. The zero-order valence-electron chi connectivity index (χ0n) is 13.2. The van der Waals surface area contributed by atoms with E-state index in [1.165, 1.54) is 25.1 Å². The molecular formula is C16H16ClFN2O4S. The number of nitrogens with one attached hydrogen (secondary N) is 2. The van der Waals surface area contributed by atoms with Gasteiger partial charge in [0.15, 0.2) is 0 Å². The van der Waals surface area contributed by atoms with Gasteiger partial charge in [-0.15, -0.1) is 0 Å². The summed E-state index contributed by atoms with van der Waals surface area (Å²) < 4.78 is 39.9. The lowest BCUT2D eigenvalue weighted by molar-refractivity contribution is 0.0924. The maximum Gasteiger partial charge on any atom is 0.261 e. The van der Waals surface area contributed by atoms with Gasteiger partial charge in [0, 0.05) is 12.1 Å². The minimum absolute atomic E-state index is 0.00990. The van der Waals surface area contributed by atoms with Gasteiger partial charge >= 0.3 is 0 Å². The molecule has 0 aliphatic carbocycles. The molecule has 6 nitrogen and oxygen atoms in total. The maximum atomic E-state index is 12.9. The van der Waals surface area contributed by atoms with Gasteiger partial charge in [-0.05, 0) is 49.4 Å². The number of carbonyl (C=O) groups excluding carboxylic acids is 1. The van der Waals surface area contributed by atoms with Crippen molar-refractivity contribution >= 4 is 33.2 Å². The topological polar surface area (TPSA) is 95.5 Å². The number of rotatable bonds is 6. The standard InChI is InChI=1S/C16H16ClFN2O4S/c1-10(21)9-19-16(22)11-2-7-14(17)15(8-11)20-25(23,24)13-5-3-12(18)4-6-13/h2-8,10,20-21H,9H2,1H3,(H,19,22). The summed E-state index contributed by atoms with van der Waals surface area (Å²) in [5.74, 6) is -1.05. The lowest BCUT2D eigenvalue weighted by Gasteiger charge is -2.12. The van der Waals surface area contributed by atoms with Crippen molar-refractivity contribution in [2.75, 3.05) is 11.3 Å². The first-order valence-electron chi connectivity index (χ1n) is 7.23. The van der Waals surface area contributed by atoms with Gasteiger partial charge in [-0.1, -0.05) is 11.6 Å². The highest BCUT2D eigenvalue weighted by Gasteiger charge is 2.17. The van der Waals surface area contributed by atoms with Gasteiger partial charge < -0.3 is 10.4 Å². The number of amides is 1. The van der Waals surface area contributed by atoms with Crippen LogP contribution in [0.3, 0.4) is 0 Å². The van der Waals surface area contributed by atoms with Crippen molar-refractivity contribution in [3.63, 3.8) is 0 Å². The van der Waals surface area contributed by atoms with Gasteiger partial charge in [-0.25, -0.2) is 12.8 Å². The summed E-state index contributed by atoms with van der Waals surface area (Å²) in [6.45, 7) is 1.57. The molecule has 0 heterocycles. The van der Waals surface area contributed by atoms with Crippen LogP contribution >= 0.6 is 11.6 Å². The third-order valence-corrected chi connectivity index (χ3v) is 4.87. The third-order valence-electron chi connectivity index (χ3n) is 3.15. The molecule has 2 aromatic rings. The normalized spacial score (nSPS) is 12.5. The number of carbonyl (C=O) groups is 1. The quantitative estimate of drug-likeness (QED) is 0.710. The maximum absolute atomic E-state index is 12.9. The third kappa shape index (κ3) is 5.15. The largest absolute Gasteiger partial charge is 0.392 e. The smallest absolute Gasteiger partial charge is 0.261 e. The van der Waals surface area contributed by atoms with Gasteiger partial charge in [-0.3, -0.25) is 9.52 Å². The van der Waals surface area contributed by atoms with Crippen LogP contribution in [0, 0.1) is 5.82 Å². The van der Waals surface area contributed by atoms with Crippen molar-refractivity contribution in [2.45, 2.75) is 17.9 Å². The van der Waals surface area contributed by atoms with Gasteiger partial charge in [0.25, 0.3) is 15.9 Å². The summed E-state index contributed by atoms with van der Waals surface area (Å²) in [6, 6.07) is 8.36. The van der Waals surface area contributed by atoms with Crippen molar-refractivity contribution in [1.82, 2.24) is 5.32 Å². The van der Waals surface area contributed by atoms with Crippen LogP contribution in [-0.4, -0.2) is 32.1 Å². The van der Waals surface area contributed by atoms with Gasteiger partial charge in [0.2, 0.25) is 0 Å². The number of aliphatic hydroxyl groups excluding tert-OH is 1. The van der Waals surface area contributed by atoms with E-state index in [4.69, 9.17) is 11.6 Å². The molecule has 9 heteroatoms. The molecule has 2 rings (SSSR count). The van der Waals surface area contributed by atoms with E-state index >= 15 is 0 Å². The van der Waals surface area contributed by atoms with E-state index in [1.807, 2.05) is 0 Å². The second kappa shape index (κ2) is 7.81. The van der Waals surface area contributed by atoms with Crippen molar-refractivity contribution in [3.05, 3.63) is 58.9 Å². The number of sulfonamides is 1. The number of halogens is 2. The molecule has 1 amide bonds. The predicted molar refractivity (Wildman–Crippen MR) is 92.7 cm³/mol. The molecule has 134 valence electrons. The number of hydrogen-bond donors (Lipinski definition) is 3. The number of benzene rings is 2. The summed E-state index contributed by atoms with van der Waals surface area (Å²) in [4.78, 5) is 11.9. The molecule has 0 aliphatic heterocycles. The fourth-order valence-electron chi connectivity index (χ4n) is 1.90. The molecule has 0 aliphatic rings. The van der Waals surface area contributed by atoms with Crippen LogP contribution in [0.5, 0.6) is 0 Å². The Balaban J connectivity index is 2.25. The molecule has 2 aromatic carbocycles. The van der Waals surface area contributed by atoms with Crippen LogP contribution in [0.15, 0.2) is 47.4 Å². The Morgan fingerprint density at radius 1 is 1.24 bits per heavy atom. The first-order chi connectivity index (χ1) is 11.7. The minimum atomic E-state index is -3.99. The summed E-state index contributed by atoms with van der Waals surface area (Å²) in [5, 5.41) is 11.8. The van der Waals surface area contributed by atoms with Crippen molar-refractivity contribution in [2.24, 2.45) is 0 Å². The van der Waals surface area contributed by atoms with Crippen LogP contribution in [0.25, 0.3) is 0 Å². The fraction of sp³-hybridized carbons (Fsp3) is 0.188. The summed E-state index contributed by atoms with van der Waals surface area (Å²) >= 11 is 5.99. The molecule has 0 radical (unpaired) electrons. The average molecular weight is 387 g/mol. The molecule has 0 fully saturated rings. The molecule has 0 saturated carbocycles. The first kappa shape index (κ1) is 19.2. The van der Waals surface area contributed by atoms with E-state index < -0.39 is 27.9 Å². The van der Waals surface area contributed by atoms with Crippen LogP contribution in [0.1, 0.15) is 17.3 Å². The van der Waals surface area contributed by atoms with E-state index in [0.717, 1.165) is 24.3 Å². The molecule has 1 atom stereocenters. The lowest BCUT2D eigenvalue weighted by atomic mass is 10.2. The lowest BCUT2D eigenvalue weighted by Crippen LogP contribution is -2.30. The molecule has 1 unspecified atom stereocenters. The second-order valence-corrected chi connectivity index (χ2v) is 7.40.